The van der Waals surface area contributed by atoms with Gasteiger partial charge in [-0.25, -0.2) is 4.79 Å². The molecule has 3 amide bonds. The summed E-state index contributed by atoms with van der Waals surface area (Å²) in [4.78, 5) is 61.4. The molecule has 44 heavy (non-hydrogen) atoms. The minimum atomic E-state index is -0.934. The monoisotopic (exact) mass is 629 g/mol. The van der Waals surface area contributed by atoms with Gasteiger partial charge < -0.3 is 30.2 Å². The first-order valence-electron chi connectivity index (χ1n) is 14.0. The summed E-state index contributed by atoms with van der Waals surface area (Å²) in [6, 6.07) is 11.2. The first-order chi connectivity index (χ1) is 20.1. The van der Waals surface area contributed by atoms with Crippen molar-refractivity contribution in [2.24, 2.45) is 0 Å². The SMILES string of the molecule is CC(=O)Oc1ccc2c(c1OC(C)=O)CC(c1ccccc1)C=C2CNC(=O)[C@H](C)NC(=O)[C@H](C)NC(=O)OC(C)(C)C.Cl. The maximum Gasteiger partial charge on any atom is 0.408 e. The predicted octanol–water partition coefficient (Wildman–Crippen LogP) is 4.22. The standard InChI is InChI=1S/C32H39N3O8.ClH/c1-18(34-30(39)19(2)35-31(40)43-32(5,6)7)29(38)33-17-24-15-23(22-11-9-8-10-12-22)16-26-25(24)13-14-27(41-20(3)36)28(26)42-21(4)37;/h8-15,18-19,23H,16-17H2,1-7H3,(H,33,38)(H,34,39)(H,35,40);1H/t18-,19-,23?;/m0./s1. The molecule has 1 aliphatic rings. The van der Waals surface area contributed by atoms with Crippen LogP contribution >= 0.6 is 12.4 Å². The maximum absolute atomic E-state index is 13.0. The lowest BCUT2D eigenvalue weighted by Crippen LogP contribution is -2.52. The van der Waals surface area contributed by atoms with E-state index in [0.717, 1.165) is 16.7 Å². The highest BCUT2D eigenvalue weighted by Crippen LogP contribution is 2.43. The second kappa shape index (κ2) is 15.4. The van der Waals surface area contributed by atoms with Crippen molar-refractivity contribution in [1.82, 2.24) is 16.0 Å². The topological polar surface area (TPSA) is 149 Å². The van der Waals surface area contributed by atoms with E-state index in [0.29, 0.717) is 12.0 Å². The number of nitrogens with one attached hydrogen (secondary N) is 3. The van der Waals surface area contributed by atoms with Gasteiger partial charge in [-0.3, -0.25) is 19.2 Å². The zero-order chi connectivity index (χ0) is 31.9. The molecule has 3 atom stereocenters. The summed E-state index contributed by atoms with van der Waals surface area (Å²) in [5.74, 6) is -1.96. The molecular formula is C32H40ClN3O8. The lowest BCUT2D eigenvalue weighted by Gasteiger charge is -2.28. The number of fused-ring (bicyclic) bond motifs is 1. The third kappa shape index (κ3) is 10.1. The summed E-state index contributed by atoms with van der Waals surface area (Å²) in [5.41, 5.74) is 2.44. The van der Waals surface area contributed by atoms with Crippen molar-refractivity contribution in [2.75, 3.05) is 6.54 Å². The van der Waals surface area contributed by atoms with Crippen LogP contribution in [0.5, 0.6) is 11.5 Å². The van der Waals surface area contributed by atoms with Crippen molar-refractivity contribution < 1.29 is 38.2 Å². The van der Waals surface area contributed by atoms with Gasteiger partial charge in [0.1, 0.15) is 17.7 Å². The van der Waals surface area contributed by atoms with Crippen molar-refractivity contribution in [3.8, 4) is 11.5 Å². The van der Waals surface area contributed by atoms with Crippen molar-refractivity contribution in [2.45, 2.75) is 78.5 Å². The summed E-state index contributed by atoms with van der Waals surface area (Å²) in [6.07, 6.45) is 1.76. The molecule has 238 valence electrons. The van der Waals surface area contributed by atoms with E-state index in [-0.39, 0.29) is 36.4 Å². The van der Waals surface area contributed by atoms with Gasteiger partial charge in [-0.15, -0.1) is 12.4 Å². The van der Waals surface area contributed by atoms with Crippen molar-refractivity contribution in [3.63, 3.8) is 0 Å². The molecule has 0 saturated heterocycles. The van der Waals surface area contributed by atoms with Gasteiger partial charge in [-0.05, 0) is 63.8 Å². The van der Waals surface area contributed by atoms with E-state index in [2.05, 4.69) is 16.0 Å². The van der Waals surface area contributed by atoms with Crippen LogP contribution in [0.15, 0.2) is 48.5 Å². The Morgan fingerprint density at radius 1 is 0.864 bits per heavy atom. The van der Waals surface area contributed by atoms with Gasteiger partial charge in [0.25, 0.3) is 0 Å². The number of carbonyl (C=O) groups is 5. The molecule has 1 aliphatic carbocycles. The molecule has 0 heterocycles. The third-order valence-corrected chi connectivity index (χ3v) is 6.46. The first-order valence-corrected chi connectivity index (χ1v) is 14.0. The molecule has 0 fully saturated rings. The Morgan fingerprint density at radius 2 is 1.48 bits per heavy atom. The molecule has 0 radical (unpaired) electrons. The van der Waals surface area contributed by atoms with E-state index in [1.165, 1.54) is 27.7 Å². The number of hydrogen-bond donors (Lipinski definition) is 3. The van der Waals surface area contributed by atoms with Crippen LogP contribution in [-0.4, -0.2) is 54.1 Å². The van der Waals surface area contributed by atoms with Gasteiger partial charge in [0.2, 0.25) is 11.8 Å². The van der Waals surface area contributed by atoms with Crippen LogP contribution in [0.1, 0.15) is 71.1 Å². The fraction of sp³-hybridized carbons (Fsp3) is 0.406. The minimum Gasteiger partial charge on any atom is -0.444 e. The Labute approximate surface area is 263 Å². The van der Waals surface area contributed by atoms with Gasteiger partial charge >= 0.3 is 18.0 Å². The quantitative estimate of drug-likeness (QED) is 0.276. The number of allylic oxidation sites excluding steroid dienone is 1. The number of benzene rings is 2. The molecule has 0 aromatic heterocycles. The molecule has 0 saturated carbocycles. The van der Waals surface area contributed by atoms with E-state index in [9.17, 15) is 24.0 Å². The molecule has 0 bridgehead atoms. The van der Waals surface area contributed by atoms with Crippen LogP contribution in [0.3, 0.4) is 0 Å². The van der Waals surface area contributed by atoms with Crippen LogP contribution < -0.4 is 25.4 Å². The lowest BCUT2D eigenvalue weighted by atomic mass is 9.80. The second-order valence-electron chi connectivity index (χ2n) is 11.3. The first kappa shape index (κ1) is 35.8. The van der Waals surface area contributed by atoms with Gasteiger partial charge in [-0.2, -0.15) is 0 Å². The minimum absolute atomic E-state index is 0. The molecule has 3 rings (SSSR count). The van der Waals surface area contributed by atoms with Crippen molar-refractivity contribution in [1.29, 1.82) is 0 Å². The number of halogens is 1. The van der Waals surface area contributed by atoms with Crippen LogP contribution in [0.25, 0.3) is 5.57 Å². The molecule has 1 unspecified atom stereocenters. The van der Waals surface area contributed by atoms with E-state index >= 15 is 0 Å². The fourth-order valence-electron chi connectivity index (χ4n) is 4.57. The average molecular weight is 630 g/mol. The molecule has 3 N–H and O–H groups in total. The highest BCUT2D eigenvalue weighted by Gasteiger charge is 2.29. The van der Waals surface area contributed by atoms with Crippen LogP contribution in [0, 0.1) is 0 Å². The largest absolute Gasteiger partial charge is 0.444 e. The number of carbonyl (C=O) groups excluding carboxylic acids is 5. The zero-order valence-corrected chi connectivity index (χ0v) is 26.8. The zero-order valence-electron chi connectivity index (χ0n) is 25.9. The summed E-state index contributed by atoms with van der Waals surface area (Å²) in [7, 11) is 0. The van der Waals surface area contributed by atoms with Gasteiger partial charge in [-0.1, -0.05) is 42.5 Å². The molecular weight excluding hydrogens is 590 g/mol. The highest BCUT2D eigenvalue weighted by atomic mass is 35.5. The van der Waals surface area contributed by atoms with E-state index in [4.69, 9.17) is 14.2 Å². The Hall–Kier alpha value is -4.38. The van der Waals surface area contributed by atoms with Gasteiger partial charge in [0.15, 0.2) is 11.5 Å². The Bertz CT molecular complexity index is 1420. The molecule has 2 aromatic rings. The second-order valence-corrected chi connectivity index (χ2v) is 11.3. The lowest BCUT2D eigenvalue weighted by molar-refractivity contribution is -0.134. The molecule has 11 nitrogen and oxygen atoms in total. The number of ether oxygens (including phenoxy) is 3. The van der Waals surface area contributed by atoms with Gasteiger partial charge in [0, 0.05) is 31.9 Å². The van der Waals surface area contributed by atoms with Crippen LogP contribution in [-0.2, 0) is 30.3 Å². The molecule has 0 spiro atoms. The Kier molecular flexibility index (Phi) is 12.5. The fourth-order valence-corrected chi connectivity index (χ4v) is 4.57. The summed E-state index contributed by atoms with van der Waals surface area (Å²) in [5, 5.41) is 7.91. The number of esters is 2. The summed E-state index contributed by atoms with van der Waals surface area (Å²) >= 11 is 0. The smallest absolute Gasteiger partial charge is 0.408 e. The normalized spacial score (nSPS) is 15.2. The number of alkyl carbamates (subject to hydrolysis) is 1. The van der Waals surface area contributed by atoms with Crippen molar-refractivity contribution >= 4 is 47.8 Å². The summed E-state index contributed by atoms with van der Waals surface area (Å²) < 4.78 is 16.1. The van der Waals surface area contributed by atoms with E-state index in [1.807, 2.05) is 36.4 Å². The van der Waals surface area contributed by atoms with E-state index < -0.39 is 47.5 Å². The molecule has 2 aromatic carbocycles. The highest BCUT2D eigenvalue weighted by molar-refractivity contribution is 5.91. The molecule has 12 heteroatoms. The van der Waals surface area contributed by atoms with Crippen molar-refractivity contribution in [3.05, 3.63) is 65.2 Å². The third-order valence-electron chi connectivity index (χ3n) is 6.46. The summed E-state index contributed by atoms with van der Waals surface area (Å²) in [6.45, 7) is 10.8. The number of rotatable bonds is 9. The average Bonchev–Trinajstić information content (AvgIpc) is 2.91. The van der Waals surface area contributed by atoms with E-state index in [1.54, 1.807) is 32.9 Å². The number of amides is 3. The van der Waals surface area contributed by atoms with Crippen LogP contribution in [0.2, 0.25) is 0 Å². The molecule has 0 aliphatic heterocycles. The van der Waals surface area contributed by atoms with Gasteiger partial charge in [0.05, 0.1) is 0 Å². The van der Waals surface area contributed by atoms with Crippen LogP contribution in [0.4, 0.5) is 4.79 Å². The predicted molar refractivity (Wildman–Crippen MR) is 167 cm³/mol. The Morgan fingerprint density at radius 3 is 2.07 bits per heavy atom. The maximum atomic E-state index is 13.0. The number of hydrogen-bond acceptors (Lipinski definition) is 8. The Balaban J connectivity index is 0.00000675.